The molecule has 3 aromatic heterocycles. The van der Waals surface area contributed by atoms with Crippen LogP contribution in [0.25, 0.3) is 22.6 Å². The summed E-state index contributed by atoms with van der Waals surface area (Å²) in [6.07, 6.45) is 3.32. The fourth-order valence-corrected chi connectivity index (χ4v) is 2.61. The number of rotatable bonds is 3. The molecule has 0 saturated heterocycles. The van der Waals surface area contributed by atoms with Gasteiger partial charge in [-0.3, -0.25) is 0 Å². The highest BCUT2D eigenvalue weighted by Gasteiger charge is 2.16. The Hall–Kier alpha value is -3.59. The van der Waals surface area contributed by atoms with E-state index in [4.69, 9.17) is 4.42 Å². The van der Waals surface area contributed by atoms with Gasteiger partial charge in [0.05, 0.1) is 19.1 Å². The molecule has 4 aromatic rings. The van der Waals surface area contributed by atoms with Gasteiger partial charge in [-0.25, -0.2) is 15.0 Å². The van der Waals surface area contributed by atoms with Crippen LogP contribution in [0.1, 0.15) is 18.3 Å². The second-order valence-corrected chi connectivity index (χ2v) is 5.46. The largest absolute Gasteiger partial charge is 0.508 e. The van der Waals surface area contributed by atoms with Crippen LogP contribution in [-0.4, -0.2) is 24.6 Å². The quantitative estimate of drug-likeness (QED) is 0.584. The molecule has 0 aliphatic rings. The van der Waals surface area contributed by atoms with Crippen LogP contribution < -0.4 is 0 Å². The summed E-state index contributed by atoms with van der Waals surface area (Å²) in [5.41, 5.74) is 3.00. The average Bonchev–Trinajstić information content (AvgIpc) is 3.27. The van der Waals surface area contributed by atoms with Crippen LogP contribution in [0.3, 0.4) is 0 Å². The number of hydrogen-bond donors (Lipinski definition) is 1. The van der Waals surface area contributed by atoms with Crippen molar-refractivity contribution in [2.75, 3.05) is 0 Å². The van der Waals surface area contributed by atoms with Gasteiger partial charge in [0.2, 0.25) is 5.82 Å². The van der Waals surface area contributed by atoms with E-state index < -0.39 is 0 Å². The van der Waals surface area contributed by atoms with Gasteiger partial charge in [-0.2, -0.15) is 0 Å². The summed E-state index contributed by atoms with van der Waals surface area (Å²) in [6.45, 7) is 2.32. The molecule has 0 spiro atoms. The summed E-state index contributed by atoms with van der Waals surface area (Å²) < 4.78 is 7.41. The molecule has 0 fully saturated rings. The van der Waals surface area contributed by atoms with Gasteiger partial charge in [0, 0.05) is 0 Å². The lowest BCUT2D eigenvalue weighted by atomic mass is 10.2. The van der Waals surface area contributed by atoms with Crippen LogP contribution in [0, 0.1) is 11.8 Å². The molecule has 0 aliphatic heterocycles. The first-order valence-corrected chi connectivity index (χ1v) is 7.72. The Morgan fingerprint density at radius 1 is 1.16 bits per heavy atom. The third kappa shape index (κ3) is 2.83. The fourth-order valence-electron chi connectivity index (χ4n) is 2.61. The lowest BCUT2D eigenvalue weighted by molar-refractivity contribution is 0.475. The highest BCUT2D eigenvalue weighted by molar-refractivity contribution is 5.86. The summed E-state index contributed by atoms with van der Waals surface area (Å²) in [4.78, 5) is 13.5. The predicted molar refractivity (Wildman–Crippen MR) is 92.8 cm³/mol. The molecule has 0 amide bonds. The molecule has 1 N–H and O–H groups in total. The van der Waals surface area contributed by atoms with Crippen LogP contribution in [0.2, 0.25) is 0 Å². The van der Waals surface area contributed by atoms with Gasteiger partial charge < -0.3 is 14.1 Å². The van der Waals surface area contributed by atoms with E-state index in [1.54, 1.807) is 31.6 Å². The van der Waals surface area contributed by atoms with E-state index in [1.165, 1.54) is 0 Å². The molecule has 0 aliphatic carbocycles. The number of benzene rings is 1. The third-order valence-electron chi connectivity index (χ3n) is 3.74. The summed E-state index contributed by atoms with van der Waals surface area (Å²) in [5, 5.41) is 9.43. The van der Waals surface area contributed by atoms with E-state index in [0.717, 1.165) is 5.56 Å². The topological polar surface area (TPSA) is 77.0 Å². The number of phenols is 1. The summed E-state index contributed by atoms with van der Waals surface area (Å²) >= 11 is 0. The van der Waals surface area contributed by atoms with Crippen molar-refractivity contribution in [3.8, 4) is 29.0 Å². The number of hydrogen-bond acceptors (Lipinski definition) is 5. The Bertz CT molecular complexity index is 1080. The van der Waals surface area contributed by atoms with Crippen molar-refractivity contribution in [3.05, 3.63) is 60.4 Å². The van der Waals surface area contributed by atoms with Gasteiger partial charge in [0.25, 0.3) is 0 Å². The van der Waals surface area contributed by atoms with E-state index in [2.05, 4.69) is 26.8 Å². The molecule has 3 heterocycles. The van der Waals surface area contributed by atoms with Gasteiger partial charge in [-0.1, -0.05) is 18.1 Å². The molecule has 0 bridgehead atoms. The van der Waals surface area contributed by atoms with Crippen molar-refractivity contribution in [1.29, 1.82) is 0 Å². The molecule has 0 atom stereocenters. The van der Waals surface area contributed by atoms with E-state index in [0.29, 0.717) is 35.0 Å². The number of nitrogens with zero attached hydrogens (tertiary/aromatic N) is 4. The van der Waals surface area contributed by atoms with E-state index in [9.17, 15) is 5.11 Å². The maximum absolute atomic E-state index is 9.43. The number of aromatic nitrogens is 4. The lowest BCUT2D eigenvalue weighted by Gasteiger charge is -2.05. The Balaban J connectivity index is 1.86. The second-order valence-electron chi connectivity index (χ2n) is 5.46. The first-order valence-electron chi connectivity index (χ1n) is 7.72. The van der Waals surface area contributed by atoms with Gasteiger partial charge in [-0.05, 0) is 42.7 Å². The van der Waals surface area contributed by atoms with Crippen molar-refractivity contribution in [3.63, 3.8) is 0 Å². The lowest BCUT2D eigenvalue weighted by Crippen LogP contribution is -2.02. The van der Waals surface area contributed by atoms with E-state index in [-0.39, 0.29) is 5.75 Å². The zero-order valence-corrected chi connectivity index (χ0v) is 13.5. The Morgan fingerprint density at radius 2 is 2.00 bits per heavy atom. The molecule has 0 saturated carbocycles. The minimum atomic E-state index is 0.238. The Labute approximate surface area is 143 Å². The molecule has 122 valence electrons. The molecule has 6 nitrogen and oxygen atoms in total. The molecule has 25 heavy (non-hydrogen) atoms. The van der Waals surface area contributed by atoms with Crippen molar-refractivity contribution in [2.24, 2.45) is 0 Å². The number of imidazole rings is 1. The second kappa shape index (κ2) is 6.13. The highest BCUT2D eigenvalue weighted by atomic mass is 16.3. The summed E-state index contributed by atoms with van der Waals surface area (Å²) in [6, 6.07) is 10.7. The van der Waals surface area contributed by atoms with E-state index >= 15 is 0 Å². The Kier molecular flexibility index (Phi) is 3.67. The third-order valence-corrected chi connectivity index (χ3v) is 3.74. The standard InChI is InChI=1S/C19H14N4O2/c1-2-4-16-21-17(15-5-3-10-25-15)18-19(22-16)23(12-20-18)11-13-6-8-14(24)9-7-13/h3,5-10,12,24H,11H2,1H3. The number of phenolic OH excluding ortho intramolecular Hbond substituents is 1. The van der Waals surface area contributed by atoms with Gasteiger partial charge >= 0.3 is 0 Å². The molecule has 4 rings (SSSR count). The molecular weight excluding hydrogens is 316 g/mol. The van der Waals surface area contributed by atoms with Crippen LogP contribution in [0.15, 0.2) is 53.4 Å². The Morgan fingerprint density at radius 3 is 2.72 bits per heavy atom. The normalized spacial score (nSPS) is 10.6. The zero-order chi connectivity index (χ0) is 17.2. The average molecular weight is 330 g/mol. The van der Waals surface area contributed by atoms with Crippen LogP contribution >= 0.6 is 0 Å². The highest BCUT2D eigenvalue weighted by Crippen LogP contribution is 2.26. The predicted octanol–water partition coefficient (Wildman–Crippen LogP) is 3.21. The molecule has 6 heteroatoms. The van der Waals surface area contributed by atoms with Gasteiger partial charge in [-0.15, -0.1) is 0 Å². The first-order chi connectivity index (χ1) is 12.2. The van der Waals surface area contributed by atoms with Crippen LogP contribution in [0.5, 0.6) is 5.75 Å². The van der Waals surface area contributed by atoms with Crippen molar-refractivity contribution < 1.29 is 9.52 Å². The fraction of sp³-hybridized carbons (Fsp3) is 0.105. The maximum Gasteiger partial charge on any atom is 0.207 e. The minimum Gasteiger partial charge on any atom is -0.508 e. The van der Waals surface area contributed by atoms with Crippen LogP contribution in [-0.2, 0) is 6.54 Å². The van der Waals surface area contributed by atoms with Crippen molar-refractivity contribution >= 4 is 11.2 Å². The first kappa shape index (κ1) is 15.0. The maximum atomic E-state index is 9.43. The molecular formula is C19H14N4O2. The minimum absolute atomic E-state index is 0.238. The van der Waals surface area contributed by atoms with E-state index in [1.807, 2.05) is 28.8 Å². The van der Waals surface area contributed by atoms with Crippen LogP contribution in [0.4, 0.5) is 0 Å². The van der Waals surface area contributed by atoms with Gasteiger partial charge in [0.15, 0.2) is 11.4 Å². The molecule has 0 unspecified atom stereocenters. The monoisotopic (exact) mass is 330 g/mol. The SMILES string of the molecule is CC#Cc1nc(-c2ccco2)c2ncn(Cc3ccc(O)cc3)c2n1. The molecule has 1 aromatic carbocycles. The van der Waals surface area contributed by atoms with Crippen molar-refractivity contribution in [1.82, 2.24) is 19.5 Å². The number of fused-ring (bicyclic) bond motifs is 1. The summed E-state index contributed by atoms with van der Waals surface area (Å²) in [7, 11) is 0. The number of furan rings is 1. The summed E-state index contributed by atoms with van der Waals surface area (Å²) in [5.74, 6) is 7.02. The molecule has 0 radical (unpaired) electrons. The smallest absolute Gasteiger partial charge is 0.207 e. The zero-order valence-electron chi connectivity index (χ0n) is 13.5. The van der Waals surface area contributed by atoms with Gasteiger partial charge in [0.1, 0.15) is 17.0 Å². The number of aromatic hydroxyl groups is 1. The van der Waals surface area contributed by atoms with Crippen molar-refractivity contribution in [2.45, 2.75) is 13.5 Å².